The van der Waals surface area contributed by atoms with Crippen LogP contribution < -0.4 is 10.5 Å². The summed E-state index contributed by atoms with van der Waals surface area (Å²) < 4.78 is 76.5. The zero-order valence-electron chi connectivity index (χ0n) is 21.0. The monoisotopic (exact) mass is 610 g/mol. The third-order valence-corrected chi connectivity index (χ3v) is 7.21. The number of phenolic OH excluding ortho intramolecular Hbond substituents is 1. The number of aliphatic hydroxyl groups excluding tert-OH is 2. The van der Waals surface area contributed by atoms with Crippen LogP contribution in [0.2, 0.25) is 0 Å². The molecule has 0 radical (unpaired) electrons. The van der Waals surface area contributed by atoms with Crippen molar-refractivity contribution in [3.05, 3.63) is 65.7 Å². The fourth-order valence-corrected chi connectivity index (χ4v) is 4.93. The first kappa shape index (κ1) is 29.1. The number of halogens is 3. The number of benzene rings is 2. The van der Waals surface area contributed by atoms with Gasteiger partial charge in [-0.15, -0.1) is 5.10 Å². The van der Waals surface area contributed by atoms with E-state index >= 15 is 0 Å². The van der Waals surface area contributed by atoms with Gasteiger partial charge >= 0.3 is 16.5 Å². The van der Waals surface area contributed by atoms with Gasteiger partial charge in [-0.05, 0) is 30.3 Å². The van der Waals surface area contributed by atoms with E-state index in [-0.39, 0.29) is 33.7 Å². The first-order chi connectivity index (χ1) is 19.7. The zero-order valence-corrected chi connectivity index (χ0v) is 21.8. The third-order valence-electron chi connectivity index (χ3n) is 6.33. The third kappa shape index (κ3) is 5.70. The summed E-state index contributed by atoms with van der Waals surface area (Å²) in [4.78, 5) is 16.4. The van der Waals surface area contributed by atoms with Crippen LogP contribution in [0.4, 0.5) is 19.0 Å². The number of pyridine rings is 1. The molecule has 3 heterocycles. The lowest BCUT2D eigenvalue weighted by molar-refractivity contribution is -0.137. The van der Waals surface area contributed by atoms with E-state index in [0.717, 1.165) is 16.8 Å². The average Bonchev–Trinajstić information content (AvgIpc) is 3.48. The number of carbonyl (C=O) groups excluding carboxylic acids is 1. The van der Waals surface area contributed by atoms with E-state index in [1.807, 2.05) is 0 Å². The lowest BCUT2D eigenvalue weighted by atomic mass is 10.1. The molecule has 1 aliphatic heterocycles. The smallest absolute Gasteiger partial charge is 0.416 e. The molecule has 2 aromatic heterocycles. The number of carbonyl (C=O) groups is 1. The summed E-state index contributed by atoms with van der Waals surface area (Å²) in [5, 5.41) is 38.7. The van der Waals surface area contributed by atoms with Crippen LogP contribution in [0.5, 0.6) is 5.75 Å². The minimum absolute atomic E-state index is 0.0603. The van der Waals surface area contributed by atoms with Crippen molar-refractivity contribution in [1.82, 2.24) is 24.7 Å². The number of rotatable bonds is 7. The van der Waals surface area contributed by atoms with Gasteiger partial charge in [-0.2, -0.15) is 21.6 Å². The van der Waals surface area contributed by atoms with Gasteiger partial charge in [-0.25, -0.2) is 14.4 Å². The van der Waals surface area contributed by atoms with Crippen molar-refractivity contribution in [2.45, 2.75) is 30.7 Å². The fourth-order valence-electron chi connectivity index (χ4n) is 4.22. The van der Waals surface area contributed by atoms with E-state index in [1.54, 1.807) is 4.72 Å². The van der Waals surface area contributed by atoms with Crippen molar-refractivity contribution in [2.75, 3.05) is 12.3 Å². The maximum atomic E-state index is 13.0. The van der Waals surface area contributed by atoms with Gasteiger partial charge in [0, 0.05) is 5.56 Å². The molecule has 4 aromatic rings. The van der Waals surface area contributed by atoms with Crippen molar-refractivity contribution in [3.8, 4) is 17.0 Å². The van der Waals surface area contributed by atoms with Crippen molar-refractivity contribution < 1.29 is 50.6 Å². The molecule has 2 aromatic carbocycles. The number of aromatic hydroxyl groups is 1. The van der Waals surface area contributed by atoms with Crippen LogP contribution in [0.15, 0.2) is 54.6 Å². The number of nitrogens with one attached hydrogen (secondary N) is 1. The molecule has 4 atom stereocenters. The SMILES string of the molecule is Nc1nc(-c2ccc(C(F)(F)F)cc2)cc2c1nnn2[C@@H]1O[C@H](COS(=O)(=O)NC(=O)c2ccccc2O)[C@@H](O)[C@H]1O. The quantitative estimate of drug-likeness (QED) is 0.199. The van der Waals surface area contributed by atoms with Gasteiger partial charge in [0.25, 0.3) is 5.91 Å². The highest BCUT2D eigenvalue weighted by molar-refractivity contribution is 7.85. The van der Waals surface area contributed by atoms with Crippen LogP contribution in [0.3, 0.4) is 0 Å². The number of para-hydroxylation sites is 1. The largest absolute Gasteiger partial charge is 0.507 e. The van der Waals surface area contributed by atoms with Crippen LogP contribution >= 0.6 is 0 Å². The predicted molar refractivity (Wildman–Crippen MR) is 137 cm³/mol. The number of alkyl halides is 3. The number of hydrogen-bond donors (Lipinski definition) is 5. The molecule has 6 N–H and O–H groups in total. The number of aliphatic hydroxyl groups is 2. The Kier molecular flexibility index (Phi) is 7.50. The number of nitrogens with zero attached hydrogens (tertiary/aromatic N) is 4. The Labute approximate surface area is 234 Å². The van der Waals surface area contributed by atoms with Crippen molar-refractivity contribution >= 4 is 33.1 Å². The lowest BCUT2D eigenvalue weighted by Gasteiger charge is -2.16. The van der Waals surface area contributed by atoms with Gasteiger partial charge in [0.05, 0.1) is 28.9 Å². The summed E-state index contributed by atoms with van der Waals surface area (Å²) in [6.07, 6.45) is -10.8. The second-order valence-electron chi connectivity index (χ2n) is 9.10. The van der Waals surface area contributed by atoms with E-state index in [9.17, 15) is 41.7 Å². The van der Waals surface area contributed by atoms with Crippen LogP contribution in [-0.4, -0.2) is 74.5 Å². The molecular weight excluding hydrogens is 589 g/mol. The Balaban J connectivity index is 1.33. The molecule has 1 amide bonds. The molecule has 1 aliphatic rings. The summed E-state index contributed by atoms with van der Waals surface area (Å²) in [6, 6.07) is 10.7. The van der Waals surface area contributed by atoms with E-state index < -0.39 is 64.8 Å². The second kappa shape index (κ2) is 10.8. The predicted octanol–water partition coefficient (Wildman–Crippen LogP) is 1.11. The van der Waals surface area contributed by atoms with Gasteiger partial charge in [0.1, 0.15) is 24.1 Å². The molecule has 5 rings (SSSR count). The molecule has 42 heavy (non-hydrogen) atoms. The van der Waals surface area contributed by atoms with E-state index in [2.05, 4.69) is 15.3 Å². The molecule has 14 nitrogen and oxygen atoms in total. The number of amides is 1. The van der Waals surface area contributed by atoms with Gasteiger partial charge in [0.15, 0.2) is 17.6 Å². The van der Waals surface area contributed by atoms with Gasteiger partial charge in [-0.1, -0.05) is 29.5 Å². The summed E-state index contributed by atoms with van der Waals surface area (Å²) in [7, 11) is -4.75. The Hall–Kier alpha value is -4.36. The maximum absolute atomic E-state index is 13.0. The molecule has 0 aliphatic carbocycles. The molecule has 18 heteroatoms. The van der Waals surface area contributed by atoms with Crippen LogP contribution in [-0.2, 0) is 25.4 Å². The number of hydrogen-bond acceptors (Lipinski definition) is 12. The number of nitrogen functional groups attached to an aromatic ring is 1. The minimum atomic E-state index is -4.75. The Bertz CT molecular complexity index is 1750. The summed E-state index contributed by atoms with van der Waals surface area (Å²) in [5.41, 5.74) is 5.41. The minimum Gasteiger partial charge on any atom is -0.507 e. The van der Waals surface area contributed by atoms with Crippen LogP contribution in [0.1, 0.15) is 22.1 Å². The van der Waals surface area contributed by atoms with Crippen LogP contribution in [0, 0.1) is 0 Å². The highest BCUT2D eigenvalue weighted by Crippen LogP contribution is 2.35. The summed E-state index contributed by atoms with van der Waals surface area (Å²) >= 11 is 0. The molecular formula is C24H21F3N6O8S. The molecule has 1 saturated heterocycles. The second-order valence-corrected chi connectivity index (χ2v) is 10.5. The Morgan fingerprint density at radius 1 is 1.12 bits per heavy atom. The fraction of sp³-hybridized carbons (Fsp3) is 0.250. The zero-order chi connectivity index (χ0) is 30.4. The summed E-state index contributed by atoms with van der Waals surface area (Å²) in [5.74, 6) is -1.78. The first-order valence-electron chi connectivity index (χ1n) is 12.0. The molecule has 222 valence electrons. The first-order valence-corrected chi connectivity index (χ1v) is 13.4. The average molecular weight is 611 g/mol. The van der Waals surface area contributed by atoms with E-state index in [4.69, 9.17) is 14.7 Å². The molecule has 0 bridgehead atoms. The molecule has 0 unspecified atom stereocenters. The van der Waals surface area contributed by atoms with Crippen molar-refractivity contribution in [3.63, 3.8) is 0 Å². The van der Waals surface area contributed by atoms with E-state index in [1.165, 1.54) is 42.5 Å². The van der Waals surface area contributed by atoms with Crippen molar-refractivity contribution in [1.29, 1.82) is 0 Å². The highest BCUT2D eigenvalue weighted by Gasteiger charge is 2.45. The normalized spacial score (nSPS) is 21.1. The number of aromatic nitrogens is 4. The van der Waals surface area contributed by atoms with Crippen molar-refractivity contribution in [2.24, 2.45) is 0 Å². The number of phenols is 1. The number of ether oxygens (including phenoxy) is 1. The number of nitrogens with two attached hydrogens (primary N) is 1. The van der Waals surface area contributed by atoms with Gasteiger partial charge in [0.2, 0.25) is 0 Å². The Morgan fingerprint density at radius 3 is 2.48 bits per heavy atom. The standard InChI is InChI=1S/C24H21F3N6O8S/c25-24(26,27)12-7-5-11(6-8-12)14-9-15-18(21(28)29-14)30-32-33(15)23-20(36)19(35)17(41-23)10-40-42(38,39)31-22(37)13-3-1-2-4-16(13)34/h1-9,17,19-20,23,34-36H,10H2,(H2,28,29)(H,31,37)/t17-,19-,20-,23-/m1/s1. The Morgan fingerprint density at radius 2 is 1.81 bits per heavy atom. The number of fused-ring (bicyclic) bond motifs is 1. The summed E-state index contributed by atoms with van der Waals surface area (Å²) in [6.45, 7) is -0.842. The van der Waals surface area contributed by atoms with Gasteiger partial charge in [-0.3, -0.25) is 8.98 Å². The highest BCUT2D eigenvalue weighted by atomic mass is 32.2. The lowest BCUT2D eigenvalue weighted by Crippen LogP contribution is -2.37. The van der Waals surface area contributed by atoms with E-state index in [0.29, 0.717) is 0 Å². The molecule has 0 spiro atoms. The maximum Gasteiger partial charge on any atom is 0.416 e. The molecule has 1 fully saturated rings. The van der Waals surface area contributed by atoms with Gasteiger partial charge < -0.3 is 25.8 Å². The van der Waals surface area contributed by atoms with Crippen LogP contribution in [0.25, 0.3) is 22.3 Å². The topological polar surface area (TPSA) is 212 Å². The number of anilines is 1. The molecule has 0 saturated carbocycles.